The van der Waals surface area contributed by atoms with Gasteiger partial charge in [-0.2, -0.15) is 18.3 Å². The topological polar surface area (TPSA) is 59.7 Å². The molecule has 9 heteroatoms. The van der Waals surface area contributed by atoms with E-state index in [0.29, 0.717) is 6.54 Å². The van der Waals surface area contributed by atoms with Gasteiger partial charge in [0.25, 0.3) is 0 Å². The van der Waals surface area contributed by atoms with Crippen molar-refractivity contribution in [2.24, 2.45) is 0 Å². The Morgan fingerprint density at radius 2 is 2.19 bits per heavy atom. The predicted molar refractivity (Wildman–Crippen MR) is 67.9 cm³/mol. The van der Waals surface area contributed by atoms with Crippen LogP contribution < -0.4 is 4.90 Å². The average Bonchev–Trinajstić information content (AvgIpc) is 2.88. The van der Waals surface area contributed by atoms with E-state index in [9.17, 15) is 18.0 Å². The van der Waals surface area contributed by atoms with Gasteiger partial charge in [-0.3, -0.25) is 4.79 Å². The molecule has 0 radical (unpaired) electrons. The monoisotopic (exact) mass is 302 g/mol. The normalized spacial score (nSPS) is 11.7. The minimum atomic E-state index is -4.54. The zero-order valence-corrected chi connectivity index (χ0v) is 11.4. The number of alkyl halides is 3. The molecule has 0 saturated heterocycles. The summed E-state index contributed by atoms with van der Waals surface area (Å²) in [4.78, 5) is 16.9. The first kappa shape index (κ1) is 15.1. The maximum Gasteiger partial charge on any atom is 0.435 e. The Balaban J connectivity index is 2.47. The summed E-state index contributed by atoms with van der Waals surface area (Å²) in [6, 6.07) is 0.905. The molecular formula is C12H13F3N4O2. The van der Waals surface area contributed by atoms with E-state index < -0.39 is 17.8 Å². The van der Waals surface area contributed by atoms with Crippen LogP contribution in [0.2, 0.25) is 0 Å². The number of anilines is 1. The summed E-state index contributed by atoms with van der Waals surface area (Å²) in [6.45, 7) is 2.04. The highest BCUT2D eigenvalue weighted by atomic mass is 19.4. The van der Waals surface area contributed by atoms with Crippen LogP contribution in [0.1, 0.15) is 12.6 Å². The van der Waals surface area contributed by atoms with Crippen molar-refractivity contribution < 1.29 is 22.7 Å². The van der Waals surface area contributed by atoms with Crippen LogP contribution in [0.25, 0.3) is 5.52 Å². The molecule has 0 aromatic carbocycles. The molecule has 0 spiro atoms. The third-order valence-electron chi connectivity index (χ3n) is 2.89. The van der Waals surface area contributed by atoms with E-state index in [2.05, 4.69) is 14.8 Å². The van der Waals surface area contributed by atoms with Crippen molar-refractivity contribution in [2.75, 3.05) is 25.1 Å². The van der Waals surface area contributed by atoms with E-state index >= 15 is 0 Å². The smallest absolute Gasteiger partial charge is 0.435 e. The molecule has 2 aromatic rings. The Bertz CT molecular complexity index is 653. The number of esters is 1. The molecule has 0 unspecified atom stereocenters. The van der Waals surface area contributed by atoms with Crippen molar-refractivity contribution in [1.29, 1.82) is 0 Å². The summed E-state index contributed by atoms with van der Waals surface area (Å²) in [7, 11) is 1.24. The number of likely N-dealkylation sites (N-methyl/N-ethyl adjacent to an activating group) is 1. The SMILES string of the molecule is CCN(CC(=O)OC)c1nccn2nc(C(F)(F)F)cc12. The number of carbonyl (C=O) groups excluding carboxylic acids is 1. The zero-order valence-electron chi connectivity index (χ0n) is 11.4. The van der Waals surface area contributed by atoms with Crippen LogP contribution in [0, 0.1) is 0 Å². The third-order valence-corrected chi connectivity index (χ3v) is 2.89. The lowest BCUT2D eigenvalue weighted by atomic mass is 10.3. The summed E-state index contributed by atoms with van der Waals surface area (Å²) in [5.74, 6) is -0.260. The highest BCUT2D eigenvalue weighted by Gasteiger charge is 2.34. The standard InChI is InChI=1S/C12H13F3N4O2/c1-3-18(7-10(20)21-2)11-8-6-9(12(13,14)15)17-19(8)5-4-16-11/h4-6H,3,7H2,1-2H3. The summed E-state index contributed by atoms with van der Waals surface area (Å²) in [5, 5.41) is 3.47. The van der Waals surface area contributed by atoms with Crippen molar-refractivity contribution in [3.63, 3.8) is 0 Å². The maximum absolute atomic E-state index is 12.7. The van der Waals surface area contributed by atoms with Crippen molar-refractivity contribution in [3.8, 4) is 0 Å². The van der Waals surface area contributed by atoms with Crippen molar-refractivity contribution in [3.05, 3.63) is 24.2 Å². The summed E-state index contributed by atoms with van der Waals surface area (Å²) in [6.07, 6.45) is -1.89. The van der Waals surface area contributed by atoms with E-state index in [1.165, 1.54) is 24.4 Å². The minimum absolute atomic E-state index is 0.105. The number of carbonyl (C=O) groups is 1. The Kier molecular flexibility index (Phi) is 4.01. The molecule has 0 saturated carbocycles. The summed E-state index contributed by atoms with van der Waals surface area (Å²) in [5.41, 5.74) is -0.832. The number of fused-ring (bicyclic) bond motifs is 1. The van der Waals surface area contributed by atoms with Gasteiger partial charge in [-0.05, 0) is 6.92 Å². The van der Waals surface area contributed by atoms with Gasteiger partial charge >= 0.3 is 12.1 Å². The van der Waals surface area contributed by atoms with Crippen LogP contribution in [0.3, 0.4) is 0 Å². The molecule has 0 aliphatic heterocycles. The molecule has 0 fully saturated rings. The van der Waals surface area contributed by atoms with E-state index in [1.54, 1.807) is 6.92 Å². The lowest BCUT2D eigenvalue weighted by molar-refractivity contribution is -0.141. The van der Waals surface area contributed by atoms with Gasteiger partial charge in [0.1, 0.15) is 12.1 Å². The first-order valence-corrected chi connectivity index (χ1v) is 6.10. The zero-order chi connectivity index (χ0) is 15.6. The second kappa shape index (κ2) is 5.58. The lowest BCUT2D eigenvalue weighted by Crippen LogP contribution is -2.31. The second-order valence-corrected chi connectivity index (χ2v) is 4.20. The Hall–Kier alpha value is -2.32. The highest BCUT2D eigenvalue weighted by Crippen LogP contribution is 2.30. The number of halogens is 3. The van der Waals surface area contributed by atoms with Gasteiger partial charge in [-0.1, -0.05) is 0 Å². The fraction of sp³-hybridized carbons (Fsp3) is 0.417. The van der Waals surface area contributed by atoms with Crippen molar-refractivity contribution >= 4 is 17.3 Å². The number of nitrogens with zero attached hydrogens (tertiary/aromatic N) is 4. The van der Waals surface area contributed by atoms with E-state index in [1.807, 2.05) is 0 Å². The maximum atomic E-state index is 12.7. The molecule has 21 heavy (non-hydrogen) atoms. The Morgan fingerprint density at radius 1 is 1.48 bits per heavy atom. The van der Waals surface area contributed by atoms with Crippen molar-refractivity contribution in [2.45, 2.75) is 13.1 Å². The molecule has 0 atom stereocenters. The Labute approximate surface area is 118 Å². The lowest BCUT2D eigenvalue weighted by Gasteiger charge is -2.20. The number of hydrogen-bond acceptors (Lipinski definition) is 5. The summed E-state index contributed by atoms with van der Waals surface area (Å²) < 4.78 is 43.8. The van der Waals surface area contributed by atoms with Crippen LogP contribution in [0.5, 0.6) is 0 Å². The quantitative estimate of drug-likeness (QED) is 0.805. The van der Waals surface area contributed by atoms with E-state index in [4.69, 9.17) is 0 Å². The second-order valence-electron chi connectivity index (χ2n) is 4.20. The number of aromatic nitrogens is 3. The van der Waals surface area contributed by atoms with Crippen LogP contribution in [0.4, 0.5) is 19.0 Å². The Morgan fingerprint density at radius 3 is 2.76 bits per heavy atom. The van der Waals surface area contributed by atoms with Crippen LogP contribution >= 0.6 is 0 Å². The molecule has 0 aliphatic carbocycles. The molecule has 2 heterocycles. The van der Waals surface area contributed by atoms with E-state index in [-0.39, 0.29) is 17.9 Å². The molecule has 2 aromatic heterocycles. The van der Waals surface area contributed by atoms with Crippen LogP contribution in [0.15, 0.2) is 18.5 Å². The van der Waals surface area contributed by atoms with Crippen LogP contribution in [-0.2, 0) is 15.7 Å². The van der Waals surface area contributed by atoms with E-state index in [0.717, 1.165) is 10.6 Å². The van der Waals surface area contributed by atoms with Gasteiger partial charge in [0.05, 0.1) is 7.11 Å². The number of hydrogen-bond donors (Lipinski definition) is 0. The van der Waals surface area contributed by atoms with Gasteiger partial charge < -0.3 is 9.64 Å². The predicted octanol–water partition coefficient (Wildman–Crippen LogP) is 1.75. The first-order chi connectivity index (χ1) is 9.86. The number of methoxy groups -OCH3 is 1. The summed E-state index contributed by atoms with van der Waals surface area (Å²) >= 11 is 0. The fourth-order valence-electron chi connectivity index (χ4n) is 1.85. The molecule has 0 bridgehead atoms. The molecule has 0 aliphatic rings. The molecule has 0 N–H and O–H groups in total. The first-order valence-electron chi connectivity index (χ1n) is 6.10. The average molecular weight is 302 g/mol. The van der Waals surface area contributed by atoms with Gasteiger partial charge in [0.15, 0.2) is 11.5 Å². The molecule has 2 rings (SSSR count). The van der Waals surface area contributed by atoms with Crippen LogP contribution in [-0.4, -0.2) is 40.8 Å². The number of ether oxygens (including phenoxy) is 1. The number of rotatable bonds is 4. The van der Waals surface area contributed by atoms with Gasteiger partial charge in [0, 0.05) is 25.0 Å². The largest absolute Gasteiger partial charge is 0.468 e. The molecule has 0 amide bonds. The minimum Gasteiger partial charge on any atom is -0.468 e. The molecular weight excluding hydrogens is 289 g/mol. The van der Waals surface area contributed by atoms with Gasteiger partial charge in [-0.25, -0.2) is 9.50 Å². The molecule has 6 nitrogen and oxygen atoms in total. The van der Waals surface area contributed by atoms with Gasteiger partial charge in [-0.15, -0.1) is 0 Å². The fourth-order valence-corrected chi connectivity index (χ4v) is 1.85. The third kappa shape index (κ3) is 3.06. The van der Waals surface area contributed by atoms with Gasteiger partial charge in [0.2, 0.25) is 0 Å². The van der Waals surface area contributed by atoms with Crippen molar-refractivity contribution in [1.82, 2.24) is 14.6 Å². The highest BCUT2D eigenvalue weighted by molar-refractivity contribution is 5.78. The molecule has 114 valence electrons.